The third-order valence-electron chi connectivity index (χ3n) is 4.20. The first-order valence-corrected chi connectivity index (χ1v) is 9.54. The summed E-state index contributed by atoms with van der Waals surface area (Å²) in [5.74, 6) is 3.03. The van der Waals surface area contributed by atoms with Crippen molar-refractivity contribution in [3.8, 4) is 5.69 Å². The molecular weight excluding hydrogens is 318 g/mol. The van der Waals surface area contributed by atoms with Gasteiger partial charge in [0, 0.05) is 18.8 Å². The van der Waals surface area contributed by atoms with Crippen LogP contribution in [0.15, 0.2) is 46.5 Å². The van der Waals surface area contributed by atoms with Gasteiger partial charge in [0.25, 0.3) is 0 Å². The Hall–Kier alpha value is -2.08. The first-order valence-electron chi connectivity index (χ1n) is 8.56. The Morgan fingerprint density at radius 3 is 2.92 bits per heavy atom. The Morgan fingerprint density at radius 1 is 1.21 bits per heavy atom. The van der Waals surface area contributed by atoms with Gasteiger partial charge in [-0.15, -0.1) is 0 Å². The molecule has 0 radical (unpaired) electrons. The summed E-state index contributed by atoms with van der Waals surface area (Å²) >= 11 is 1.83. The maximum Gasteiger partial charge on any atom is 0.171 e. The zero-order valence-corrected chi connectivity index (χ0v) is 14.7. The van der Waals surface area contributed by atoms with Gasteiger partial charge in [0.1, 0.15) is 5.84 Å². The first kappa shape index (κ1) is 15.4. The van der Waals surface area contributed by atoms with Crippen LogP contribution < -0.4 is 0 Å². The molecule has 0 saturated heterocycles. The predicted molar refractivity (Wildman–Crippen MR) is 101 cm³/mol. The number of hydrogen-bond donors (Lipinski definition) is 0. The van der Waals surface area contributed by atoms with Crippen molar-refractivity contribution in [2.45, 2.75) is 26.2 Å². The molecule has 124 valence electrons. The van der Waals surface area contributed by atoms with Crippen LogP contribution in [0.1, 0.15) is 31.7 Å². The summed E-state index contributed by atoms with van der Waals surface area (Å²) in [7, 11) is 0. The molecule has 0 amide bonds. The van der Waals surface area contributed by atoms with Gasteiger partial charge in [-0.05, 0) is 25.0 Å². The molecule has 0 atom stereocenters. The lowest BCUT2D eigenvalue weighted by Gasteiger charge is -2.32. The molecule has 24 heavy (non-hydrogen) atoms. The number of aliphatic imine (C=N–C) groups is 2. The number of nitrogens with zero attached hydrogens (tertiary/aromatic N) is 5. The predicted octanol–water partition coefficient (Wildman–Crippen LogP) is 3.86. The summed E-state index contributed by atoms with van der Waals surface area (Å²) in [5.41, 5.74) is 2.07. The van der Waals surface area contributed by atoms with E-state index < -0.39 is 0 Å². The molecule has 6 heteroatoms. The highest BCUT2D eigenvalue weighted by Crippen LogP contribution is 2.33. The number of amidine groups is 2. The molecule has 0 spiro atoms. The number of unbranched alkanes of at least 4 members (excludes halogenated alkanes) is 1. The number of rotatable bonds is 4. The number of benzene rings is 1. The van der Waals surface area contributed by atoms with Gasteiger partial charge < -0.3 is 4.90 Å². The van der Waals surface area contributed by atoms with Crippen LogP contribution in [-0.4, -0.2) is 44.5 Å². The van der Waals surface area contributed by atoms with Gasteiger partial charge in [-0.2, -0.15) is 5.10 Å². The summed E-state index contributed by atoms with van der Waals surface area (Å²) in [6, 6.07) is 10.2. The van der Waals surface area contributed by atoms with E-state index in [0.29, 0.717) is 0 Å². The molecule has 5 nitrogen and oxygen atoms in total. The molecule has 1 aromatic heterocycles. The highest BCUT2D eigenvalue weighted by Gasteiger charge is 2.31. The van der Waals surface area contributed by atoms with Crippen LogP contribution in [0.4, 0.5) is 5.82 Å². The van der Waals surface area contributed by atoms with Crippen LogP contribution in [0, 0.1) is 0 Å². The lowest BCUT2D eigenvalue weighted by molar-refractivity contribution is 0.553. The number of aromatic nitrogens is 2. The fourth-order valence-electron chi connectivity index (χ4n) is 2.96. The topological polar surface area (TPSA) is 45.8 Å². The maximum atomic E-state index is 4.96. The Kier molecular flexibility index (Phi) is 4.38. The fourth-order valence-corrected chi connectivity index (χ4v) is 4.06. The third-order valence-corrected chi connectivity index (χ3v) is 5.27. The number of fused-ring (bicyclic) bond motifs is 3. The molecule has 0 unspecified atom stereocenters. The number of para-hydroxylation sites is 1. The van der Waals surface area contributed by atoms with E-state index in [4.69, 9.17) is 9.98 Å². The first-order chi connectivity index (χ1) is 11.9. The molecule has 0 N–H and O–H groups in total. The molecule has 2 aliphatic rings. The maximum absolute atomic E-state index is 4.96. The van der Waals surface area contributed by atoms with Crippen LogP contribution in [0.2, 0.25) is 0 Å². The van der Waals surface area contributed by atoms with Crippen molar-refractivity contribution in [1.29, 1.82) is 0 Å². The zero-order valence-electron chi connectivity index (χ0n) is 13.9. The van der Waals surface area contributed by atoms with Crippen molar-refractivity contribution >= 4 is 28.6 Å². The average Bonchev–Trinajstić information content (AvgIpc) is 3.07. The average molecular weight is 339 g/mol. The molecule has 1 aromatic carbocycles. The third kappa shape index (κ3) is 2.75. The molecule has 3 heterocycles. The van der Waals surface area contributed by atoms with Crippen molar-refractivity contribution in [1.82, 2.24) is 14.7 Å². The summed E-state index contributed by atoms with van der Waals surface area (Å²) in [5, 5.41) is 5.64. The van der Waals surface area contributed by atoms with Crippen molar-refractivity contribution in [2.75, 3.05) is 18.8 Å². The number of hydrogen-bond acceptors (Lipinski definition) is 5. The minimum Gasteiger partial charge on any atom is -0.305 e. The van der Waals surface area contributed by atoms with E-state index in [0.717, 1.165) is 53.3 Å². The van der Waals surface area contributed by atoms with E-state index in [-0.39, 0.29) is 0 Å². The summed E-state index contributed by atoms with van der Waals surface area (Å²) in [6.45, 7) is 4.10. The summed E-state index contributed by atoms with van der Waals surface area (Å²) < 4.78 is 1.92. The minimum absolute atomic E-state index is 0.884. The molecule has 0 fully saturated rings. The van der Waals surface area contributed by atoms with E-state index in [1.165, 1.54) is 12.8 Å². The van der Waals surface area contributed by atoms with Gasteiger partial charge in [0.05, 0.1) is 17.4 Å². The molecule has 2 aromatic rings. The normalized spacial score (nSPS) is 16.3. The minimum atomic E-state index is 0.884. The summed E-state index contributed by atoms with van der Waals surface area (Å²) in [6.07, 6.45) is 5.39. The Morgan fingerprint density at radius 2 is 2.08 bits per heavy atom. The van der Waals surface area contributed by atoms with Gasteiger partial charge in [0.15, 0.2) is 11.0 Å². The standard InChI is InChI=1S/C18H21N5S/c1-2-3-12-24-18-21-17-15(16-19-10-7-11-22(16)18)13-20-23(17)14-8-5-4-6-9-14/h4-6,8-9,13H,2-3,7,10-12H2,1H3. The highest BCUT2D eigenvalue weighted by molar-refractivity contribution is 8.13. The second kappa shape index (κ2) is 6.81. The van der Waals surface area contributed by atoms with Crippen LogP contribution in [-0.2, 0) is 0 Å². The number of thioether (sulfide) groups is 1. The molecule has 0 saturated carbocycles. The van der Waals surface area contributed by atoms with Crippen LogP contribution in [0.25, 0.3) is 5.69 Å². The van der Waals surface area contributed by atoms with Crippen molar-refractivity contribution in [3.05, 3.63) is 42.1 Å². The van der Waals surface area contributed by atoms with Crippen molar-refractivity contribution < 1.29 is 0 Å². The molecule has 2 aliphatic heterocycles. The van der Waals surface area contributed by atoms with Crippen molar-refractivity contribution in [3.63, 3.8) is 0 Å². The van der Waals surface area contributed by atoms with E-state index in [1.807, 2.05) is 40.8 Å². The van der Waals surface area contributed by atoms with Crippen LogP contribution in [0.5, 0.6) is 0 Å². The monoisotopic (exact) mass is 339 g/mol. The quantitative estimate of drug-likeness (QED) is 0.795. The van der Waals surface area contributed by atoms with Crippen LogP contribution in [0.3, 0.4) is 0 Å². The van der Waals surface area contributed by atoms with Crippen molar-refractivity contribution in [2.24, 2.45) is 9.98 Å². The molecule has 0 bridgehead atoms. The Bertz CT molecular complexity index is 778. The second-order valence-corrected chi connectivity index (χ2v) is 7.00. The SMILES string of the molecule is CCCCSC1=Nc2c(cnn2-c2ccccc2)C2=NCCCN12. The second-order valence-electron chi connectivity index (χ2n) is 5.94. The van der Waals surface area contributed by atoms with E-state index in [2.05, 4.69) is 29.1 Å². The Labute approximate surface area is 146 Å². The molecule has 0 aliphatic carbocycles. The largest absolute Gasteiger partial charge is 0.305 e. The van der Waals surface area contributed by atoms with Gasteiger partial charge in [-0.25, -0.2) is 9.67 Å². The fraction of sp³-hybridized carbons (Fsp3) is 0.389. The lowest BCUT2D eigenvalue weighted by atomic mass is 10.2. The molecule has 4 rings (SSSR count). The van der Waals surface area contributed by atoms with Gasteiger partial charge >= 0.3 is 0 Å². The highest BCUT2D eigenvalue weighted by atomic mass is 32.2. The molecular formula is C18H21N5S. The van der Waals surface area contributed by atoms with E-state index in [9.17, 15) is 0 Å². The Balaban J connectivity index is 1.77. The van der Waals surface area contributed by atoms with Gasteiger partial charge in [-0.3, -0.25) is 4.99 Å². The lowest BCUT2D eigenvalue weighted by Crippen LogP contribution is -2.41. The van der Waals surface area contributed by atoms with Crippen LogP contribution >= 0.6 is 11.8 Å². The van der Waals surface area contributed by atoms with E-state index in [1.54, 1.807) is 0 Å². The summed E-state index contributed by atoms with van der Waals surface area (Å²) in [4.78, 5) is 12.0. The zero-order chi connectivity index (χ0) is 16.4. The van der Waals surface area contributed by atoms with E-state index >= 15 is 0 Å². The smallest absolute Gasteiger partial charge is 0.171 e. The van der Waals surface area contributed by atoms with Gasteiger partial charge in [-0.1, -0.05) is 43.3 Å². The van der Waals surface area contributed by atoms with Gasteiger partial charge in [0.2, 0.25) is 0 Å².